The summed E-state index contributed by atoms with van der Waals surface area (Å²) >= 11 is 0. The van der Waals surface area contributed by atoms with Crippen LogP contribution in [0.15, 0.2) is 30.6 Å². The van der Waals surface area contributed by atoms with Crippen LogP contribution in [0.3, 0.4) is 0 Å². The van der Waals surface area contributed by atoms with Crippen LogP contribution < -0.4 is 10.6 Å². The van der Waals surface area contributed by atoms with Gasteiger partial charge in [0.15, 0.2) is 0 Å². The van der Waals surface area contributed by atoms with Gasteiger partial charge in [0.1, 0.15) is 12.2 Å². The first kappa shape index (κ1) is 13.7. The molecular formula is C13H15N5O2. The van der Waals surface area contributed by atoms with Crippen molar-refractivity contribution in [1.29, 1.82) is 0 Å². The van der Waals surface area contributed by atoms with Gasteiger partial charge in [0.25, 0.3) is 5.91 Å². The number of carbonyl (C=O) groups excluding carboxylic acids is 2. The van der Waals surface area contributed by atoms with E-state index in [-0.39, 0.29) is 17.9 Å². The number of H-pyrrole nitrogens is 1. The lowest BCUT2D eigenvalue weighted by molar-refractivity contribution is -0.114. The molecule has 0 radical (unpaired) electrons. The molecule has 3 N–H and O–H groups in total. The highest BCUT2D eigenvalue weighted by molar-refractivity contribution is 5.95. The standard InChI is InChI=1S/C13H15N5O2/c1-8(12-14-7-15-18-12)16-13(20)10-3-5-11(6-4-10)17-9(2)19/h3-8H,1-2H3,(H,16,20)(H,17,19)(H,14,15,18). The van der Waals surface area contributed by atoms with Gasteiger partial charge in [-0.1, -0.05) is 0 Å². The number of nitrogens with zero attached hydrogens (tertiary/aromatic N) is 2. The van der Waals surface area contributed by atoms with E-state index in [2.05, 4.69) is 25.8 Å². The highest BCUT2D eigenvalue weighted by Crippen LogP contribution is 2.11. The molecule has 7 heteroatoms. The van der Waals surface area contributed by atoms with Gasteiger partial charge in [-0.15, -0.1) is 0 Å². The van der Waals surface area contributed by atoms with Crippen molar-refractivity contribution >= 4 is 17.5 Å². The molecule has 2 aromatic rings. The van der Waals surface area contributed by atoms with E-state index in [9.17, 15) is 9.59 Å². The van der Waals surface area contributed by atoms with Crippen molar-refractivity contribution in [1.82, 2.24) is 20.5 Å². The number of hydrogen-bond donors (Lipinski definition) is 3. The third-order valence-electron chi connectivity index (χ3n) is 2.66. The number of rotatable bonds is 4. The zero-order chi connectivity index (χ0) is 14.5. The Labute approximate surface area is 115 Å². The lowest BCUT2D eigenvalue weighted by atomic mass is 10.2. The van der Waals surface area contributed by atoms with Crippen molar-refractivity contribution in [2.24, 2.45) is 0 Å². The Kier molecular flexibility index (Phi) is 4.09. The smallest absolute Gasteiger partial charge is 0.251 e. The zero-order valence-corrected chi connectivity index (χ0v) is 11.2. The second kappa shape index (κ2) is 5.96. The number of amides is 2. The zero-order valence-electron chi connectivity index (χ0n) is 11.2. The van der Waals surface area contributed by atoms with E-state index in [0.717, 1.165) is 0 Å². The summed E-state index contributed by atoms with van der Waals surface area (Å²) in [6.07, 6.45) is 1.39. The fourth-order valence-electron chi connectivity index (χ4n) is 1.68. The first-order valence-electron chi connectivity index (χ1n) is 6.10. The summed E-state index contributed by atoms with van der Waals surface area (Å²) in [6, 6.07) is 6.38. The van der Waals surface area contributed by atoms with E-state index in [1.165, 1.54) is 13.3 Å². The molecule has 0 aliphatic carbocycles. The van der Waals surface area contributed by atoms with Gasteiger partial charge in [0, 0.05) is 18.2 Å². The third kappa shape index (κ3) is 3.41. The first-order valence-corrected chi connectivity index (χ1v) is 6.10. The lowest BCUT2D eigenvalue weighted by Crippen LogP contribution is -2.27. The maximum Gasteiger partial charge on any atom is 0.251 e. The molecule has 7 nitrogen and oxygen atoms in total. The molecular weight excluding hydrogens is 258 g/mol. The van der Waals surface area contributed by atoms with Crippen LogP contribution in [0.5, 0.6) is 0 Å². The van der Waals surface area contributed by atoms with E-state index in [0.29, 0.717) is 17.1 Å². The number of aromatic nitrogens is 3. The maximum atomic E-state index is 12.0. The number of benzene rings is 1. The van der Waals surface area contributed by atoms with Gasteiger partial charge in [0.2, 0.25) is 5.91 Å². The van der Waals surface area contributed by atoms with Crippen LogP contribution in [0.2, 0.25) is 0 Å². The van der Waals surface area contributed by atoms with E-state index in [1.807, 2.05) is 6.92 Å². The predicted octanol–water partition coefficient (Wildman–Crippen LogP) is 1.25. The molecule has 1 heterocycles. The van der Waals surface area contributed by atoms with Crippen LogP contribution in [0, 0.1) is 0 Å². The van der Waals surface area contributed by atoms with Gasteiger partial charge < -0.3 is 10.6 Å². The van der Waals surface area contributed by atoms with Crippen molar-refractivity contribution in [3.63, 3.8) is 0 Å². The Morgan fingerprint density at radius 3 is 2.50 bits per heavy atom. The van der Waals surface area contributed by atoms with Crippen LogP contribution in [0.25, 0.3) is 0 Å². The molecule has 2 rings (SSSR count). The monoisotopic (exact) mass is 273 g/mol. The lowest BCUT2D eigenvalue weighted by Gasteiger charge is -2.11. The minimum absolute atomic E-state index is 0.152. The fraction of sp³-hybridized carbons (Fsp3) is 0.231. The van der Waals surface area contributed by atoms with Gasteiger partial charge >= 0.3 is 0 Å². The summed E-state index contributed by atoms with van der Waals surface area (Å²) in [5, 5.41) is 11.9. The molecule has 0 aliphatic rings. The number of aromatic amines is 1. The SMILES string of the molecule is CC(=O)Nc1ccc(C(=O)NC(C)c2ncn[nH]2)cc1. The second-order valence-corrected chi connectivity index (χ2v) is 4.32. The van der Waals surface area contributed by atoms with Crippen molar-refractivity contribution in [3.8, 4) is 0 Å². The van der Waals surface area contributed by atoms with E-state index >= 15 is 0 Å². The molecule has 2 amide bonds. The molecule has 0 saturated carbocycles. The van der Waals surface area contributed by atoms with Crippen molar-refractivity contribution in [2.75, 3.05) is 5.32 Å². The molecule has 0 fully saturated rings. The van der Waals surface area contributed by atoms with Crippen molar-refractivity contribution in [3.05, 3.63) is 42.0 Å². The van der Waals surface area contributed by atoms with Gasteiger partial charge in [-0.05, 0) is 31.2 Å². The Morgan fingerprint density at radius 1 is 1.25 bits per heavy atom. The molecule has 20 heavy (non-hydrogen) atoms. The molecule has 1 aromatic heterocycles. The summed E-state index contributed by atoms with van der Waals surface area (Å²) in [4.78, 5) is 26.9. The summed E-state index contributed by atoms with van der Waals surface area (Å²) in [5.41, 5.74) is 1.16. The quantitative estimate of drug-likeness (QED) is 0.780. The predicted molar refractivity (Wildman–Crippen MR) is 73.0 cm³/mol. The minimum Gasteiger partial charge on any atom is -0.342 e. The third-order valence-corrected chi connectivity index (χ3v) is 2.66. The van der Waals surface area contributed by atoms with E-state index in [1.54, 1.807) is 24.3 Å². The van der Waals surface area contributed by atoms with Crippen LogP contribution in [-0.4, -0.2) is 27.0 Å². The summed E-state index contributed by atoms with van der Waals surface area (Å²) < 4.78 is 0. The topological polar surface area (TPSA) is 99.8 Å². The fourth-order valence-corrected chi connectivity index (χ4v) is 1.68. The summed E-state index contributed by atoms with van der Waals surface area (Å²) in [5.74, 6) is 0.220. The molecule has 0 spiro atoms. The van der Waals surface area contributed by atoms with Crippen LogP contribution in [0.4, 0.5) is 5.69 Å². The minimum atomic E-state index is -0.264. The largest absolute Gasteiger partial charge is 0.342 e. The Balaban J connectivity index is 2.00. The van der Waals surface area contributed by atoms with Gasteiger partial charge in [0.05, 0.1) is 6.04 Å². The molecule has 104 valence electrons. The number of anilines is 1. The van der Waals surface area contributed by atoms with Crippen molar-refractivity contribution in [2.45, 2.75) is 19.9 Å². The summed E-state index contributed by atoms with van der Waals surface area (Å²) in [7, 11) is 0. The Hall–Kier alpha value is -2.70. The average Bonchev–Trinajstić information content (AvgIpc) is 2.92. The van der Waals surface area contributed by atoms with Crippen LogP contribution >= 0.6 is 0 Å². The molecule has 0 bridgehead atoms. The maximum absolute atomic E-state index is 12.0. The van der Waals surface area contributed by atoms with Crippen LogP contribution in [0.1, 0.15) is 36.1 Å². The van der Waals surface area contributed by atoms with E-state index in [4.69, 9.17) is 0 Å². The molecule has 0 saturated heterocycles. The molecule has 0 aliphatic heterocycles. The van der Waals surface area contributed by atoms with Gasteiger partial charge in [-0.25, -0.2) is 4.98 Å². The van der Waals surface area contributed by atoms with Gasteiger partial charge in [-0.3, -0.25) is 14.7 Å². The number of hydrogen-bond acceptors (Lipinski definition) is 4. The molecule has 1 unspecified atom stereocenters. The van der Waals surface area contributed by atoms with Crippen molar-refractivity contribution < 1.29 is 9.59 Å². The number of nitrogens with one attached hydrogen (secondary N) is 3. The molecule has 1 aromatic carbocycles. The Morgan fingerprint density at radius 2 is 1.95 bits per heavy atom. The van der Waals surface area contributed by atoms with E-state index < -0.39 is 0 Å². The van der Waals surface area contributed by atoms with Crippen LogP contribution in [-0.2, 0) is 4.79 Å². The Bertz CT molecular complexity index is 592. The summed E-state index contributed by atoms with van der Waals surface area (Å²) in [6.45, 7) is 3.24. The second-order valence-electron chi connectivity index (χ2n) is 4.32. The molecule has 1 atom stereocenters. The van der Waals surface area contributed by atoms with Gasteiger partial charge in [-0.2, -0.15) is 5.10 Å². The highest BCUT2D eigenvalue weighted by Gasteiger charge is 2.13. The average molecular weight is 273 g/mol. The number of carbonyl (C=O) groups is 2. The first-order chi connectivity index (χ1) is 9.56. The highest BCUT2D eigenvalue weighted by atomic mass is 16.2. The normalized spacial score (nSPS) is 11.7.